The Hall–Kier alpha value is -4.32. The summed E-state index contributed by atoms with van der Waals surface area (Å²) in [5, 5.41) is 12.2. The molecule has 1 fully saturated rings. The molecular weight excluding hydrogens is 440 g/mol. The number of ether oxygens (including phenoxy) is 1. The molecule has 1 aliphatic rings. The summed E-state index contributed by atoms with van der Waals surface area (Å²) in [7, 11) is 0. The molecule has 0 aliphatic carbocycles. The number of aryl methyl sites for hydroxylation is 1. The van der Waals surface area contributed by atoms with Crippen LogP contribution in [0, 0.1) is 6.92 Å². The molecule has 2 N–H and O–H groups in total. The number of hydrogen-bond acceptors (Lipinski definition) is 4. The normalized spacial score (nSPS) is 17.3. The lowest BCUT2D eigenvalue weighted by Crippen LogP contribution is -2.29. The van der Waals surface area contributed by atoms with Gasteiger partial charge < -0.3 is 14.8 Å². The lowest BCUT2D eigenvalue weighted by molar-refractivity contribution is -0.132. The van der Waals surface area contributed by atoms with Crippen molar-refractivity contribution in [1.29, 1.82) is 0 Å². The Labute approximate surface area is 203 Å². The molecule has 1 aromatic heterocycles. The Bertz CT molecular complexity index is 1430. The van der Waals surface area contributed by atoms with E-state index in [1.54, 1.807) is 30.5 Å². The predicted octanol–water partition coefficient (Wildman–Crippen LogP) is 5.89. The molecule has 35 heavy (non-hydrogen) atoms. The van der Waals surface area contributed by atoms with Crippen LogP contribution in [-0.2, 0) is 9.59 Å². The van der Waals surface area contributed by atoms with Crippen molar-refractivity contribution in [2.75, 3.05) is 11.5 Å². The number of carbonyl (C=O) groups excluding carboxylic acids is 2. The Balaban J connectivity index is 1.68. The van der Waals surface area contributed by atoms with Crippen LogP contribution in [0.25, 0.3) is 16.7 Å². The Morgan fingerprint density at radius 1 is 1.00 bits per heavy atom. The standard InChI is InChI=1S/C29H26N2O4/c1-3-16-35-21-14-10-19(11-15-21)27(32)25-26(23-17-30-24-7-5-4-6-22(23)24)31(29(34)28(25)33)20-12-8-18(2)9-13-20/h4-15,17,26,30,32H,3,16H2,1-2H3/b27-25+. The predicted molar refractivity (Wildman–Crippen MR) is 136 cm³/mol. The number of amides is 1. The van der Waals surface area contributed by atoms with Crippen LogP contribution in [-0.4, -0.2) is 28.4 Å². The van der Waals surface area contributed by atoms with Crippen molar-refractivity contribution in [2.45, 2.75) is 26.3 Å². The van der Waals surface area contributed by atoms with Crippen molar-refractivity contribution >= 4 is 34.0 Å². The van der Waals surface area contributed by atoms with E-state index >= 15 is 0 Å². The molecule has 1 unspecified atom stereocenters. The zero-order chi connectivity index (χ0) is 24.5. The fraction of sp³-hybridized carbons (Fsp3) is 0.172. The Kier molecular flexibility index (Phi) is 5.87. The first-order valence-electron chi connectivity index (χ1n) is 11.7. The van der Waals surface area contributed by atoms with E-state index in [1.165, 1.54) is 4.90 Å². The number of H-pyrrole nitrogens is 1. The maximum Gasteiger partial charge on any atom is 0.300 e. The minimum Gasteiger partial charge on any atom is -0.507 e. The van der Waals surface area contributed by atoms with Gasteiger partial charge in [-0.15, -0.1) is 0 Å². The number of aromatic amines is 1. The topological polar surface area (TPSA) is 82.6 Å². The summed E-state index contributed by atoms with van der Waals surface area (Å²) in [6.45, 7) is 4.58. The first-order valence-corrected chi connectivity index (χ1v) is 11.7. The number of fused-ring (bicyclic) bond motifs is 1. The number of rotatable bonds is 6. The van der Waals surface area contributed by atoms with E-state index in [0.717, 1.165) is 28.5 Å². The average Bonchev–Trinajstić information content (AvgIpc) is 3.42. The number of Topliss-reactive ketones (excluding diaryl/α,β-unsaturated/α-hetero) is 1. The molecule has 1 saturated heterocycles. The number of nitrogens with one attached hydrogen (secondary N) is 1. The van der Waals surface area contributed by atoms with Gasteiger partial charge in [-0.3, -0.25) is 14.5 Å². The van der Waals surface area contributed by atoms with Crippen LogP contribution in [0.3, 0.4) is 0 Å². The van der Waals surface area contributed by atoms with E-state index in [2.05, 4.69) is 4.98 Å². The van der Waals surface area contributed by atoms with Gasteiger partial charge in [0.1, 0.15) is 11.5 Å². The SMILES string of the molecule is CCCOc1ccc(/C(O)=C2\C(=O)C(=O)N(c3ccc(C)cc3)C2c2c[nH]c3ccccc23)cc1. The fourth-order valence-electron chi connectivity index (χ4n) is 4.50. The molecule has 0 saturated carbocycles. The molecule has 3 aromatic carbocycles. The number of ketones is 1. The number of aliphatic hydroxyl groups excluding tert-OH is 1. The first-order chi connectivity index (χ1) is 17.0. The number of aromatic nitrogens is 1. The van der Waals surface area contributed by atoms with Crippen molar-refractivity contribution in [3.8, 4) is 5.75 Å². The molecule has 1 amide bonds. The highest BCUT2D eigenvalue weighted by molar-refractivity contribution is 6.51. The van der Waals surface area contributed by atoms with Crippen molar-refractivity contribution in [3.05, 3.63) is 101 Å². The molecule has 5 rings (SSSR count). The van der Waals surface area contributed by atoms with Crippen LogP contribution < -0.4 is 9.64 Å². The lowest BCUT2D eigenvalue weighted by Gasteiger charge is -2.25. The van der Waals surface area contributed by atoms with Gasteiger partial charge in [0.15, 0.2) is 0 Å². The molecule has 1 aliphatic heterocycles. The van der Waals surface area contributed by atoms with Gasteiger partial charge in [0.05, 0.1) is 18.2 Å². The smallest absolute Gasteiger partial charge is 0.300 e. The Morgan fingerprint density at radius 3 is 2.43 bits per heavy atom. The molecule has 176 valence electrons. The van der Waals surface area contributed by atoms with Crippen LogP contribution >= 0.6 is 0 Å². The van der Waals surface area contributed by atoms with Gasteiger partial charge in [-0.25, -0.2) is 0 Å². The number of nitrogens with zero attached hydrogens (tertiary/aromatic N) is 1. The first kappa shape index (κ1) is 22.5. The second-order valence-electron chi connectivity index (χ2n) is 8.67. The largest absolute Gasteiger partial charge is 0.507 e. The molecule has 6 nitrogen and oxygen atoms in total. The molecular formula is C29H26N2O4. The summed E-state index contributed by atoms with van der Waals surface area (Å²) < 4.78 is 5.64. The third-order valence-corrected chi connectivity index (χ3v) is 6.27. The summed E-state index contributed by atoms with van der Waals surface area (Å²) >= 11 is 0. The average molecular weight is 467 g/mol. The van der Waals surface area contributed by atoms with Gasteiger partial charge in [0, 0.05) is 33.9 Å². The zero-order valence-electron chi connectivity index (χ0n) is 19.6. The minimum atomic E-state index is -0.787. The van der Waals surface area contributed by atoms with E-state index in [1.807, 2.05) is 62.4 Å². The maximum atomic E-state index is 13.4. The van der Waals surface area contributed by atoms with Gasteiger partial charge in [0.2, 0.25) is 0 Å². The summed E-state index contributed by atoms with van der Waals surface area (Å²) in [5.41, 5.74) is 3.76. The third kappa shape index (κ3) is 3.97. The molecule has 0 bridgehead atoms. The Morgan fingerprint density at radius 2 is 1.71 bits per heavy atom. The maximum absolute atomic E-state index is 13.4. The number of hydrogen-bond donors (Lipinski definition) is 2. The van der Waals surface area contributed by atoms with E-state index in [4.69, 9.17) is 4.74 Å². The molecule has 1 atom stereocenters. The summed E-state index contributed by atoms with van der Waals surface area (Å²) in [6.07, 6.45) is 2.69. The molecule has 4 aromatic rings. The van der Waals surface area contributed by atoms with Gasteiger partial charge >= 0.3 is 0 Å². The van der Waals surface area contributed by atoms with Gasteiger partial charge in [0.25, 0.3) is 11.7 Å². The number of aliphatic hydroxyl groups is 1. The molecule has 6 heteroatoms. The van der Waals surface area contributed by atoms with Crippen LogP contribution in [0.5, 0.6) is 5.75 Å². The molecule has 0 radical (unpaired) electrons. The highest BCUT2D eigenvalue weighted by Crippen LogP contribution is 2.44. The summed E-state index contributed by atoms with van der Waals surface area (Å²) in [4.78, 5) is 31.4. The quantitative estimate of drug-likeness (QED) is 0.211. The zero-order valence-corrected chi connectivity index (χ0v) is 19.6. The van der Waals surface area contributed by atoms with Crippen LogP contribution in [0.4, 0.5) is 5.69 Å². The van der Waals surface area contributed by atoms with E-state index < -0.39 is 17.7 Å². The van der Waals surface area contributed by atoms with Crippen molar-refractivity contribution in [3.63, 3.8) is 0 Å². The van der Waals surface area contributed by atoms with Crippen LogP contribution in [0.1, 0.15) is 36.1 Å². The number of carbonyl (C=O) groups is 2. The highest BCUT2D eigenvalue weighted by atomic mass is 16.5. The minimum absolute atomic E-state index is 0.0579. The second-order valence-corrected chi connectivity index (χ2v) is 8.67. The van der Waals surface area contributed by atoms with Crippen molar-refractivity contribution in [2.24, 2.45) is 0 Å². The van der Waals surface area contributed by atoms with Crippen LogP contribution in [0.2, 0.25) is 0 Å². The highest BCUT2D eigenvalue weighted by Gasteiger charge is 2.47. The van der Waals surface area contributed by atoms with Crippen molar-refractivity contribution < 1.29 is 19.4 Å². The van der Waals surface area contributed by atoms with Gasteiger partial charge in [-0.1, -0.05) is 42.8 Å². The van der Waals surface area contributed by atoms with Gasteiger partial charge in [-0.2, -0.15) is 0 Å². The summed E-state index contributed by atoms with van der Waals surface area (Å²) in [5.74, 6) is -0.926. The second kappa shape index (κ2) is 9.14. The number of para-hydroxylation sites is 1. The van der Waals surface area contributed by atoms with E-state index in [-0.39, 0.29) is 11.3 Å². The lowest BCUT2D eigenvalue weighted by atomic mass is 9.94. The monoisotopic (exact) mass is 466 g/mol. The number of anilines is 1. The fourth-order valence-corrected chi connectivity index (χ4v) is 4.50. The van der Waals surface area contributed by atoms with Crippen molar-refractivity contribution in [1.82, 2.24) is 4.98 Å². The number of benzene rings is 3. The van der Waals surface area contributed by atoms with Gasteiger partial charge in [-0.05, 0) is 55.8 Å². The third-order valence-electron chi connectivity index (χ3n) is 6.27. The molecule has 0 spiro atoms. The summed E-state index contributed by atoms with van der Waals surface area (Å²) in [6, 6.07) is 21.3. The van der Waals surface area contributed by atoms with E-state index in [9.17, 15) is 14.7 Å². The molecule has 2 heterocycles. The van der Waals surface area contributed by atoms with E-state index in [0.29, 0.717) is 23.6 Å². The van der Waals surface area contributed by atoms with Crippen LogP contribution in [0.15, 0.2) is 84.6 Å².